The predicted octanol–water partition coefficient (Wildman–Crippen LogP) is 3.65. The molecule has 0 radical (unpaired) electrons. The maximum absolute atomic E-state index is 12.1. The molecule has 0 atom stereocenters. The van der Waals surface area contributed by atoms with Crippen LogP contribution in [0, 0.1) is 0 Å². The second-order valence-electron chi connectivity index (χ2n) is 5.82. The fourth-order valence-corrected chi connectivity index (χ4v) is 6.15. The number of hydrogen-bond donors (Lipinski definition) is 1. The van der Waals surface area contributed by atoms with Crippen LogP contribution in [0.3, 0.4) is 0 Å². The number of ether oxygens (including phenoxy) is 1. The summed E-state index contributed by atoms with van der Waals surface area (Å²) in [6.07, 6.45) is 0. The Balaban J connectivity index is 1.81. The lowest BCUT2D eigenvalue weighted by atomic mass is 10.3. The van der Waals surface area contributed by atoms with Gasteiger partial charge in [-0.05, 0) is 48.5 Å². The standard InChI is InChI=1S/C20H17O4S2/c21-13-14-26(22,23)16-11-9-15(10-12-16)25-19-7-3-1-5-17(19)24-18-6-2-4-8-20(18)25/h1-12,21H,13-14H2/q+1. The maximum atomic E-state index is 12.1. The molecule has 1 N–H and O–H groups in total. The van der Waals surface area contributed by atoms with Crippen molar-refractivity contribution >= 4 is 20.7 Å². The zero-order valence-corrected chi connectivity index (χ0v) is 15.5. The second-order valence-corrected chi connectivity index (χ2v) is 9.89. The van der Waals surface area contributed by atoms with Crippen molar-refractivity contribution in [2.24, 2.45) is 0 Å². The average Bonchev–Trinajstić information content (AvgIpc) is 2.66. The first-order chi connectivity index (χ1) is 12.6. The smallest absolute Gasteiger partial charge is 0.209 e. The van der Waals surface area contributed by atoms with E-state index in [1.165, 1.54) is 0 Å². The summed E-state index contributed by atoms with van der Waals surface area (Å²) in [5.74, 6) is 1.38. The molecule has 26 heavy (non-hydrogen) atoms. The van der Waals surface area contributed by atoms with E-state index in [9.17, 15) is 8.42 Å². The van der Waals surface area contributed by atoms with Crippen LogP contribution < -0.4 is 4.74 Å². The van der Waals surface area contributed by atoms with E-state index >= 15 is 0 Å². The van der Waals surface area contributed by atoms with E-state index in [0.29, 0.717) is 0 Å². The second kappa shape index (κ2) is 6.79. The van der Waals surface area contributed by atoms with Gasteiger partial charge in [0.15, 0.2) is 26.2 Å². The van der Waals surface area contributed by atoms with E-state index in [0.717, 1.165) is 26.2 Å². The van der Waals surface area contributed by atoms with Crippen LogP contribution in [0.2, 0.25) is 0 Å². The van der Waals surface area contributed by atoms with Crippen LogP contribution in [0.15, 0.2) is 92.4 Å². The number of benzene rings is 3. The summed E-state index contributed by atoms with van der Waals surface area (Å²) in [6.45, 7) is -0.382. The number of aliphatic hydroxyl groups excluding tert-OH is 1. The number of fused-ring (bicyclic) bond motifs is 2. The van der Waals surface area contributed by atoms with E-state index in [4.69, 9.17) is 9.84 Å². The lowest BCUT2D eigenvalue weighted by Crippen LogP contribution is -2.13. The highest BCUT2D eigenvalue weighted by atomic mass is 32.2. The predicted molar refractivity (Wildman–Crippen MR) is 101 cm³/mol. The van der Waals surface area contributed by atoms with Gasteiger partial charge in [-0.1, -0.05) is 24.3 Å². The Bertz CT molecular complexity index is 998. The van der Waals surface area contributed by atoms with Crippen molar-refractivity contribution in [1.82, 2.24) is 0 Å². The van der Waals surface area contributed by atoms with Crippen molar-refractivity contribution in [3.63, 3.8) is 0 Å². The minimum absolute atomic E-state index is 0.230. The lowest BCUT2D eigenvalue weighted by Gasteiger charge is -2.19. The summed E-state index contributed by atoms with van der Waals surface area (Å²) >= 11 is 0. The molecule has 0 spiro atoms. The molecule has 3 aromatic rings. The SMILES string of the molecule is O=S(=O)(CCO)c1ccc([S+]2c3ccccc3Oc3ccccc32)cc1. The monoisotopic (exact) mass is 385 g/mol. The average molecular weight is 385 g/mol. The topological polar surface area (TPSA) is 63.6 Å². The maximum Gasteiger partial charge on any atom is 0.209 e. The van der Waals surface area contributed by atoms with Gasteiger partial charge in [-0.2, -0.15) is 0 Å². The third-order valence-corrected chi connectivity index (χ3v) is 8.14. The summed E-state index contributed by atoms with van der Waals surface area (Å²) in [6, 6.07) is 22.8. The van der Waals surface area contributed by atoms with Gasteiger partial charge < -0.3 is 9.84 Å². The molecule has 0 unspecified atom stereocenters. The summed E-state index contributed by atoms with van der Waals surface area (Å²) in [4.78, 5) is 3.42. The molecule has 0 saturated carbocycles. The molecule has 6 heteroatoms. The fourth-order valence-electron chi connectivity index (χ4n) is 2.92. The fraction of sp³-hybridized carbons (Fsp3) is 0.100. The normalized spacial score (nSPS) is 13.6. The molecule has 0 aromatic heterocycles. The molecule has 4 nitrogen and oxygen atoms in total. The van der Waals surface area contributed by atoms with E-state index in [1.54, 1.807) is 12.1 Å². The van der Waals surface area contributed by atoms with Crippen molar-refractivity contribution in [2.75, 3.05) is 12.4 Å². The Morgan fingerprint density at radius 2 is 1.35 bits per heavy atom. The molecule has 1 aliphatic heterocycles. The van der Waals surface area contributed by atoms with Gasteiger partial charge in [0, 0.05) is 0 Å². The lowest BCUT2D eigenvalue weighted by molar-refractivity contribution is 0.319. The first-order valence-electron chi connectivity index (χ1n) is 8.14. The molecular formula is C20H17O4S2+. The van der Waals surface area contributed by atoms with Crippen molar-refractivity contribution in [3.8, 4) is 11.5 Å². The highest BCUT2D eigenvalue weighted by Gasteiger charge is 2.38. The van der Waals surface area contributed by atoms with Crippen LogP contribution in [0.4, 0.5) is 0 Å². The summed E-state index contributed by atoms with van der Waals surface area (Å²) in [5.41, 5.74) is 0. The number of sulfone groups is 1. The van der Waals surface area contributed by atoms with Gasteiger partial charge in [-0.25, -0.2) is 8.42 Å². The van der Waals surface area contributed by atoms with E-state index in [-0.39, 0.29) is 28.2 Å². The highest BCUT2D eigenvalue weighted by molar-refractivity contribution is 7.97. The minimum Gasteiger partial charge on any atom is -0.447 e. The first-order valence-corrected chi connectivity index (χ1v) is 11.0. The van der Waals surface area contributed by atoms with E-state index in [1.807, 2.05) is 60.7 Å². The van der Waals surface area contributed by atoms with Gasteiger partial charge in [0.05, 0.1) is 17.3 Å². The molecule has 4 rings (SSSR count). The molecule has 1 aliphatic rings. The van der Waals surface area contributed by atoms with Crippen LogP contribution in [0.5, 0.6) is 11.5 Å². The van der Waals surface area contributed by atoms with Gasteiger partial charge >= 0.3 is 0 Å². The number of para-hydroxylation sites is 2. The van der Waals surface area contributed by atoms with Gasteiger partial charge in [0.2, 0.25) is 9.79 Å². The Morgan fingerprint density at radius 3 is 1.88 bits per heavy atom. The molecule has 3 aromatic carbocycles. The molecule has 0 fully saturated rings. The van der Waals surface area contributed by atoms with E-state index in [2.05, 4.69) is 0 Å². The van der Waals surface area contributed by atoms with Crippen LogP contribution >= 0.6 is 0 Å². The summed E-state index contributed by atoms with van der Waals surface area (Å²) in [7, 11) is -3.82. The van der Waals surface area contributed by atoms with Gasteiger partial charge in [0.1, 0.15) is 10.9 Å². The molecule has 1 heterocycles. The van der Waals surface area contributed by atoms with Crippen LogP contribution in [-0.4, -0.2) is 25.9 Å². The van der Waals surface area contributed by atoms with Crippen LogP contribution in [0.25, 0.3) is 0 Å². The van der Waals surface area contributed by atoms with E-state index < -0.39 is 9.84 Å². The summed E-state index contributed by atoms with van der Waals surface area (Å²) in [5, 5.41) is 8.95. The van der Waals surface area contributed by atoms with Gasteiger partial charge in [0.25, 0.3) is 0 Å². The first kappa shape index (κ1) is 17.1. The number of aliphatic hydroxyl groups is 1. The quantitative estimate of drug-likeness (QED) is 0.545. The van der Waals surface area contributed by atoms with Crippen LogP contribution in [-0.2, 0) is 20.7 Å². The molecule has 0 bridgehead atoms. The van der Waals surface area contributed by atoms with Gasteiger partial charge in [-0.15, -0.1) is 0 Å². The van der Waals surface area contributed by atoms with Gasteiger partial charge in [-0.3, -0.25) is 0 Å². The number of hydrogen-bond acceptors (Lipinski definition) is 4. The van der Waals surface area contributed by atoms with Crippen molar-refractivity contribution in [1.29, 1.82) is 0 Å². The van der Waals surface area contributed by atoms with Crippen LogP contribution in [0.1, 0.15) is 0 Å². The zero-order valence-electron chi connectivity index (χ0n) is 13.8. The third kappa shape index (κ3) is 3.00. The molecule has 132 valence electrons. The highest BCUT2D eigenvalue weighted by Crippen LogP contribution is 2.46. The minimum atomic E-state index is -3.45. The van der Waals surface area contributed by atoms with Crippen molar-refractivity contribution in [2.45, 2.75) is 19.6 Å². The molecule has 0 saturated heterocycles. The molecular weight excluding hydrogens is 368 g/mol. The third-order valence-electron chi connectivity index (χ3n) is 4.14. The Labute approximate surface area is 155 Å². The zero-order chi connectivity index (χ0) is 18.1. The van der Waals surface area contributed by atoms with Crippen molar-refractivity contribution < 1.29 is 18.3 Å². The summed E-state index contributed by atoms with van der Waals surface area (Å²) < 4.78 is 30.3. The molecule has 0 amide bonds. The Hall–Kier alpha value is -2.28. The Kier molecular flexibility index (Phi) is 4.48. The van der Waals surface area contributed by atoms with Crippen molar-refractivity contribution in [3.05, 3.63) is 72.8 Å². The Morgan fingerprint density at radius 1 is 0.808 bits per heavy atom. The molecule has 0 aliphatic carbocycles. The number of rotatable bonds is 4. The largest absolute Gasteiger partial charge is 0.447 e.